The molecule has 2 aromatic heterocycles. The number of H-pyrrole nitrogens is 1. The molecule has 2 heterocycles. The van der Waals surface area contributed by atoms with Gasteiger partial charge in [0.2, 0.25) is 5.91 Å². The lowest BCUT2D eigenvalue weighted by Gasteiger charge is -2.14. The molecule has 1 unspecified atom stereocenters. The number of likely N-dealkylation sites (N-methyl/N-ethyl adjacent to an activating group) is 1. The van der Waals surface area contributed by atoms with E-state index in [4.69, 9.17) is 23.8 Å². The molecule has 0 radical (unpaired) electrons. The van der Waals surface area contributed by atoms with Crippen LogP contribution in [0.25, 0.3) is 11.0 Å². The van der Waals surface area contributed by atoms with Crippen molar-refractivity contribution in [3.8, 4) is 0 Å². The Morgan fingerprint density at radius 1 is 1.67 bits per heavy atom. The van der Waals surface area contributed by atoms with Crippen molar-refractivity contribution in [2.45, 2.75) is 19.9 Å². The summed E-state index contributed by atoms with van der Waals surface area (Å²) in [5, 5.41) is 3.23. The second-order valence-electron chi connectivity index (χ2n) is 3.89. The van der Waals surface area contributed by atoms with Gasteiger partial charge in [0.1, 0.15) is 6.04 Å². The van der Waals surface area contributed by atoms with E-state index in [9.17, 15) is 4.79 Å². The van der Waals surface area contributed by atoms with Gasteiger partial charge in [-0.15, -0.1) is 0 Å². The number of aromatic amines is 1. The van der Waals surface area contributed by atoms with E-state index in [2.05, 4.69) is 15.3 Å². The molecule has 1 atom stereocenters. The fourth-order valence-electron chi connectivity index (χ4n) is 1.85. The largest absolute Gasteiger partial charge is 0.355 e. The Bertz CT molecular complexity index is 648. The van der Waals surface area contributed by atoms with Gasteiger partial charge in [-0.2, -0.15) is 0 Å². The van der Waals surface area contributed by atoms with Gasteiger partial charge < -0.3 is 14.9 Å². The Labute approximate surface area is 114 Å². The highest BCUT2D eigenvalue weighted by molar-refractivity contribution is 7.71. The highest BCUT2D eigenvalue weighted by Gasteiger charge is 2.19. The van der Waals surface area contributed by atoms with Crippen molar-refractivity contribution in [1.29, 1.82) is 0 Å². The van der Waals surface area contributed by atoms with Crippen LogP contribution in [0.5, 0.6) is 0 Å². The fourth-order valence-corrected chi connectivity index (χ4v) is 2.46. The second-order valence-corrected chi connectivity index (χ2v) is 4.68. The average Bonchev–Trinajstić information content (AvgIpc) is 2.66. The molecule has 2 aromatic rings. The van der Waals surface area contributed by atoms with Crippen molar-refractivity contribution in [1.82, 2.24) is 19.9 Å². The number of rotatable bonds is 3. The number of amides is 1. The van der Waals surface area contributed by atoms with Gasteiger partial charge in [0.05, 0.1) is 22.3 Å². The molecule has 0 aliphatic rings. The van der Waals surface area contributed by atoms with Crippen LogP contribution in [0.4, 0.5) is 0 Å². The van der Waals surface area contributed by atoms with E-state index in [1.165, 1.54) is 6.20 Å². The van der Waals surface area contributed by atoms with Crippen molar-refractivity contribution >= 4 is 40.8 Å². The maximum Gasteiger partial charge on any atom is 0.242 e. The van der Waals surface area contributed by atoms with Crippen molar-refractivity contribution in [3.05, 3.63) is 22.2 Å². The Hall–Kier alpha value is -1.40. The predicted molar refractivity (Wildman–Crippen MR) is 73.3 cm³/mol. The van der Waals surface area contributed by atoms with Crippen LogP contribution < -0.4 is 5.32 Å². The van der Waals surface area contributed by atoms with E-state index in [0.29, 0.717) is 21.9 Å². The van der Waals surface area contributed by atoms with Gasteiger partial charge in [-0.05, 0) is 26.1 Å². The van der Waals surface area contributed by atoms with Gasteiger partial charge in [-0.25, -0.2) is 0 Å². The number of imidazole rings is 1. The molecule has 5 nitrogen and oxygen atoms in total. The Morgan fingerprint density at radius 3 is 3.06 bits per heavy atom. The first-order chi connectivity index (χ1) is 8.56. The van der Waals surface area contributed by atoms with Crippen LogP contribution in [0.3, 0.4) is 0 Å². The van der Waals surface area contributed by atoms with Crippen LogP contribution in [0.1, 0.15) is 19.9 Å². The van der Waals surface area contributed by atoms with E-state index in [1.807, 2.05) is 6.92 Å². The zero-order chi connectivity index (χ0) is 13.3. The zero-order valence-corrected chi connectivity index (χ0v) is 11.6. The zero-order valence-electron chi connectivity index (χ0n) is 10.0. The quantitative estimate of drug-likeness (QED) is 0.851. The van der Waals surface area contributed by atoms with E-state index in [0.717, 1.165) is 5.52 Å². The third-order valence-electron chi connectivity index (χ3n) is 2.69. The van der Waals surface area contributed by atoms with Crippen LogP contribution >= 0.6 is 23.8 Å². The number of nitrogens with one attached hydrogen (secondary N) is 2. The minimum absolute atomic E-state index is 0.0950. The number of pyridine rings is 1. The predicted octanol–water partition coefficient (Wildman–Crippen LogP) is 2.44. The third kappa shape index (κ3) is 2.13. The molecule has 0 spiro atoms. The highest BCUT2D eigenvalue weighted by Crippen LogP contribution is 2.25. The van der Waals surface area contributed by atoms with Gasteiger partial charge in [-0.1, -0.05) is 11.6 Å². The molecule has 0 bridgehead atoms. The number of nitrogens with zero attached hydrogens (tertiary/aromatic N) is 2. The minimum atomic E-state index is -0.425. The summed E-state index contributed by atoms with van der Waals surface area (Å²) in [4.78, 5) is 18.9. The summed E-state index contributed by atoms with van der Waals surface area (Å²) >= 11 is 11.4. The lowest BCUT2D eigenvalue weighted by molar-refractivity contribution is -0.123. The molecule has 96 valence electrons. The Morgan fingerprint density at radius 2 is 2.39 bits per heavy atom. The second kappa shape index (κ2) is 5.07. The molecule has 0 fully saturated rings. The summed E-state index contributed by atoms with van der Waals surface area (Å²) < 4.78 is 2.17. The van der Waals surface area contributed by atoms with Crippen LogP contribution in [0.2, 0.25) is 5.02 Å². The molecule has 7 heteroatoms. The van der Waals surface area contributed by atoms with Crippen LogP contribution in [-0.4, -0.2) is 27.0 Å². The first-order valence-electron chi connectivity index (χ1n) is 5.57. The van der Waals surface area contributed by atoms with Gasteiger partial charge in [0.25, 0.3) is 0 Å². The van der Waals surface area contributed by atoms with E-state index >= 15 is 0 Å². The normalized spacial score (nSPS) is 12.6. The molecule has 1 amide bonds. The summed E-state index contributed by atoms with van der Waals surface area (Å²) in [6, 6.07) is -0.425. The molecule has 2 rings (SSSR count). The number of carbonyl (C=O) groups is 1. The summed E-state index contributed by atoms with van der Waals surface area (Å²) in [5.74, 6) is -0.0950. The van der Waals surface area contributed by atoms with Crippen molar-refractivity contribution < 1.29 is 4.79 Å². The molecule has 0 aliphatic carbocycles. The number of fused-ring (bicyclic) bond motifs is 1. The minimum Gasteiger partial charge on any atom is -0.355 e. The standard InChI is InChI=1S/C11H13ClN4OS/c1-3-14-10(17)6(2)16-9-7(12)4-13-5-8(9)15-11(16)18/h4-6H,3H2,1-2H3,(H,14,17)(H,15,18). The summed E-state index contributed by atoms with van der Waals surface area (Å²) in [7, 11) is 0. The summed E-state index contributed by atoms with van der Waals surface area (Å²) in [5.41, 5.74) is 1.43. The molecular weight excluding hydrogens is 272 g/mol. The average molecular weight is 285 g/mol. The molecule has 0 aromatic carbocycles. The topological polar surface area (TPSA) is 62.7 Å². The van der Waals surface area contributed by atoms with Gasteiger partial charge in [0.15, 0.2) is 4.77 Å². The van der Waals surface area contributed by atoms with Crippen LogP contribution in [0.15, 0.2) is 12.4 Å². The van der Waals surface area contributed by atoms with Crippen molar-refractivity contribution in [3.63, 3.8) is 0 Å². The van der Waals surface area contributed by atoms with Gasteiger partial charge in [-0.3, -0.25) is 9.78 Å². The monoisotopic (exact) mass is 284 g/mol. The smallest absolute Gasteiger partial charge is 0.242 e. The number of carbonyl (C=O) groups excluding carboxylic acids is 1. The van der Waals surface area contributed by atoms with E-state index in [-0.39, 0.29) is 5.91 Å². The first kappa shape index (κ1) is 13.0. The van der Waals surface area contributed by atoms with Crippen LogP contribution in [-0.2, 0) is 4.79 Å². The lowest BCUT2D eigenvalue weighted by Crippen LogP contribution is -2.30. The van der Waals surface area contributed by atoms with Gasteiger partial charge >= 0.3 is 0 Å². The summed E-state index contributed by atoms with van der Waals surface area (Å²) in [6.07, 6.45) is 3.17. The molecule has 0 saturated heterocycles. The van der Waals surface area contributed by atoms with Crippen LogP contribution in [0, 0.1) is 4.77 Å². The first-order valence-corrected chi connectivity index (χ1v) is 6.36. The number of hydrogen-bond donors (Lipinski definition) is 2. The molecule has 2 N–H and O–H groups in total. The highest BCUT2D eigenvalue weighted by atomic mass is 35.5. The van der Waals surface area contributed by atoms with E-state index < -0.39 is 6.04 Å². The number of aromatic nitrogens is 3. The van der Waals surface area contributed by atoms with Crippen molar-refractivity contribution in [2.75, 3.05) is 6.54 Å². The van der Waals surface area contributed by atoms with Gasteiger partial charge in [0, 0.05) is 12.7 Å². The Kier molecular flexibility index (Phi) is 3.68. The molecule has 18 heavy (non-hydrogen) atoms. The summed E-state index contributed by atoms with van der Waals surface area (Å²) in [6.45, 7) is 4.23. The fraction of sp³-hybridized carbons (Fsp3) is 0.364. The van der Waals surface area contributed by atoms with Crippen molar-refractivity contribution in [2.24, 2.45) is 0 Å². The molecule has 0 aliphatic heterocycles. The third-order valence-corrected chi connectivity index (χ3v) is 3.27. The maximum atomic E-state index is 11.9. The molecule has 0 saturated carbocycles. The van der Waals surface area contributed by atoms with E-state index in [1.54, 1.807) is 17.7 Å². The lowest BCUT2D eigenvalue weighted by atomic mass is 10.3. The number of hydrogen-bond acceptors (Lipinski definition) is 3. The SMILES string of the molecule is CCNC(=O)C(C)n1c(=S)[nH]c2cncc(Cl)c21. The number of halogens is 1. The molecular formula is C11H13ClN4OS. The Balaban J connectivity index is 2.60. The maximum absolute atomic E-state index is 11.9.